The van der Waals surface area contributed by atoms with E-state index in [9.17, 15) is 43.6 Å². The smallest absolute Gasteiger partial charge is 0.267 e. The molecule has 0 atom stereocenters. The summed E-state index contributed by atoms with van der Waals surface area (Å²) in [5.74, 6) is -1.38. The number of rotatable bonds is 5. The van der Waals surface area contributed by atoms with Crippen molar-refractivity contribution in [1.29, 1.82) is 0 Å². The molecule has 2 aromatic heterocycles. The van der Waals surface area contributed by atoms with Crippen LogP contribution < -0.4 is 5.56 Å². The second-order valence-electron chi connectivity index (χ2n) is 6.87. The number of alkyl halides is 5. The van der Waals surface area contributed by atoms with Crippen LogP contribution in [0.1, 0.15) is 19.4 Å². The quantitative estimate of drug-likeness (QED) is 0.484. The van der Waals surface area contributed by atoms with Crippen molar-refractivity contribution in [3.05, 3.63) is 52.6 Å². The molecule has 0 saturated carbocycles. The van der Waals surface area contributed by atoms with Gasteiger partial charge in [-0.05, 0) is 18.2 Å². The maximum Gasteiger partial charge on any atom is 0.416 e. The molecule has 3 aromatic rings. The van der Waals surface area contributed by atoms with E-state index < -0.39 is 69.0 Å². The summed E-state index contributed by atoms with van der Waals surface area (Å²) in [5, 5.41) is -1.02. The van der Waals surface area contributed by atoms with Gasteiger partial charge in [0.15, 0.2) is 15.7 Å². The van der Waals surface area contributed by atoms with Crippen LogP contribution in [0, 0.1) is 0 Å². The van der Waals surface area contributed by atoms with E-state index in [0.29, 0.717) is 23.0 Å². The molecule has 3 rings (SSSR count). The van der Waals surface area contributed by atoms with Crippen molar-refractivity contribution in [2.75, 3.05) is 5.75 Å². The molecule has 8 nitrogen and oxygen atoms in total. The van der Waals surface area contributed by atoms with Crippen LogP contribution in [-0.4, -0.2) is 42.6 Å². The van der Waals surface area contributed by atoms with Gasteiger partial charge in [0, 0.05) is 18.5 Å². The Bertz CT molecular complexity index is 1530. The molecular weight excluding hydrogens is 497 g/mol. The molecule has 0 radical (unpaired) electrons. The number of aromatic nitrogens is 3. The molecule has 0 fully saturated rings. The highest BCUT2D eigenvalue weighted by Crippen LogP contribution is 2.32. The predicted octanol–water partition coefficient (Wildman–Crippen LogP) is 2.98. The molecule has 0 amide bonds. The van der Waals surface area contributed by atoms with E-state index in [1.54, 1.807) is 0 Å². The average molecular weight is 511 g/mol. The number of hydrogen-bond donors (Lipinski definition) is 0. The molecule has 0 saturated heterocycles. The predicted molar refractivity (Wildman–Crippen MR) is 106 cm³/mol. The number of nitrogens with zero attached hydrogens (tertiary/aromatic N) is 3. The first-order chi connectivity index (χ1) is 15.0. The standard InChI is InChI=1S/C18H14F5N3O5S2/c1-3-32(28,29)14-7-12(33(30,31)17(2,19)20)9-24-15(14)26-16(27)13-6-11(18(21,22)23)5-4-10(13)8-25-26/h4-9H,3H2,1-2H3. The third kappa shape index (κ3) is 4.34. The Morgan fingerprint density at radius 1 is 1.00 bits per heavy atom. The van der Waals surface area contributed by atoms with Crippen molar-refractivity contribution in [2.45, 2.75) is 35.1 Å². The van der Waals surface area contributed by atoms with Crippen LogP contribution in [0.15, 0.2) is 51.2 Å². The molecule has 2 heterocycles. The Labute approximate surface area is 183 Å². The molecule has 0 bridgehead atoms. The lowest BCUT2D eigenvalue weighted by Crippen LogP contribution is -2.27. The zero-order chi connectivity index (χ0) is 25.0. The van der Waals surface area contributed by atoms with Crippen molar-refractivity contribution in [1.82, 2.24) is 14.8 Å². The second kappa shape index (κ2) is 7.83. The fraction of sp³-hybridized carbons (Fsp3) is 0.278. The van der Waals surface area contributed by atoms with Crippen LogP contribution >= 0.6 is 0 Å². The highest BCUT2D eigenvalue weighted by molar-refractivity contribution is 7.93. The third-order valence-corrected chi connectivity index (χ3v) is 8.14. The first-order valence-corrected chi connectivity index (χ1v) is 12.1. The van der Waals surface area contributed by atoms with Crippen LogP contribution in [0.5, 0.6) is 0 Å². The maximum absolute atomic E-state index is 13.6. The maximum atomic E-state index is 13.6. The topological polar surface area (TPSA) is 116 Å². The van der Waals surface area contributed by atoms with Crippen LogP contribution in [0.3, 0.4) is 0 Å². The van der Waals surface area contributed by atoms with E-state index in [1.807, 2.05) is 0 Å². The first kappa shape index (κ1) is 24.7. The summed E-state index contributed by atoms with van der Waals surface area (Å²) < 4.78 is 116. The molecule has 178 valence electrons. The van der Waals surface area contributed by atoms with Crippen molar-refractivity contribution < 1.29 is 38.8 Å². The van der Waals surface area contributed by atoms with Crippen molar-refractivity contribution in [3.63, 3.8) is 0 Å². The third-order valence-electron chi connectivity index (χ3n) is 4.62. The number of fused-ring (bicyclic) bond motifs is 1. The Hall–Kier alpha value is -2.94. The van der Waals surface area contributed by atoms with E-state index >= 15 is 0 Å². The van der Waals surface area contributed by atoms with Gasteiger partial charge < -0.3 is 0 Å². The monoisotopic (exact) mass is 511 g/mol. The SMILES string of the molecule is CCS(=O)(=O)c1cc(S(=O)(=O)C(C)(F)F)cnc1-n1ncc2ccc(C(F)(F)F)cc2c1=O. The number of benzene rings is 1. The second-order valence-corrected chi connectivity index (χ2v) is 11.3. The number of halogens is 5. The summed E-state index contributed by atoms with van der Waals surface area (Å²) in [4.78, 5) is 14.4. The van der Waals surface area contributed by atoms with Gasteiger partial charge in [-0.1, -0.05) is 13.0 Å². The normalized spacial score (nSPS) is 13.4. The first-order valence-electron chi connectivity index (χ1n) is 8.95. The molecule has 0 aliphatic heterocycles. The Kier molecular flexibility index (Phi) is 5.86. The summed E-state index contributed by atoms with van der Waals surface area (Å²) in [6.07, 6.45) is -3.38. The zero-order valence-corrected chi connectivity index (χ0v) is 18.4. The van der Waals surface area contributed by atoms with Crippen LogP contribution in [-0.2, 0) is 25.9 Å². The Morgan fingerprint density at radius 3 is 2.18 bits per heavy atom. The van der Waals surface area contributed by atoms with E-state index in [1.165, 1.54) is 6.92 Å². The highest BCUT2D eigenvalue weighted by atomic mass is 32.2. The number of hydrogen-bond acceptors (Lipinski definition) is 7. The largest absolute Gasteiger partial charge is 0.416 e. The van der Waals surface area contributed by atoms with E-state index in [-0.39, 0.29) is 12.3 Å². The molecular formula is C18H14F5N3O5S2. The van der Waals surface area contributed by atoms with Gasteiger partial charge in [-0.25, -0.2) is 21.8 Å². The number of pyridine rings is 1. The van der Waals surface area contributed by atoms with Gasteiger partial charge in [0.1, 0.15) is 4.90 Å². The molecule has 15 heteroatoms. The Balaban J connectivity index is 2.37. The molecule has 0 aliphatic rings. The van der Waals surface area contributed by atoms with Gasteiger partial charge in [0.25, 0.3) is 5.56 Å². The molecule has 0 aliphatic carbocycles. The van der Waals surface area contributed by atoms with Crippen molar-refractivity contribution >= 4 is 30.4 Å². The summed E-state index contributed by atoms with van der Waals surface area (Å²) in [7, 11) is -9.68. The van der Waals surface area contributed by atoms with Crippen LogP contribution in [0.25, 0.3) is 16.6 Å². The van der Waals surface area contributed by atoms with Crippen molar-refractivity contribution in [2.24, 2.45) is 0 Å². The van der Waals surface area contributed by atoms with Crippen LogP contribution in [0.4, 0.5) is 22.0 Å². The van der Waals surface area contributed by atoms with E-state index in [4.69, 9.17) is 0 Å². The van der Waals surface area contributed by atoms with Gasteiger partial charge in [0.2, 0.25) is 9.84 Å². The molecule has 0 unspecified atom stereocenters. The summed E-state index contributed by atoms with van der Waals surface area (Å²) in [6.45, 7) is 1.26. The van der Waals surface area contributed by atoms with E-state index in [0.717, 1.165) is 18.3 Å². The van der Waals surface area contributed by atoms with Gasteiger partial charge in [-0.15, -0.1) is 0 Å². The molecule has 33 heavy (non-hydrogen) atoms. The summed E-state index contributed by atoms with van der Waals surface area (Å²) in [6, 6.07) is 2.68. The minimum Gasteiger partial charge on any atom is -0.267 e. The lowest BCUT2D eigenvalue weighted by atomic mass is 10.1. The molecule has 0 spiro atoms. The average Bonchev–Trinajstić information content (AvgIpc) is 2.72. The minimum atomic E-state index is -5.33. The van der Waals surface area contributed by atoms with Gasteiger partial charge in [-0.3, -0.25) is 4.79 Å². The molecule has 0 N–H and O–H groups in total. The number of sulfone groups is 2. The zero-order valence-electron chi connectivity index (χ0n) is 16.8. The van der Waals surface area contributed by atoms with Crippen molar-refractivity contribution in [3.8, 4) is 5.82 Å². The summed E-state index contributed by atoms with van der Waals surface area (Å²) >= 11 is 0. The van der Waals surface area contributed by atoms with E-state index in [2.05, 4.69) is 10.1 Å². The fourth-order valence-corrected chi connectivity index (χ4v) is 4.77. The minimum absolute atomic E-state index is 0.00831. The highest BCUT2D eigenvalue weighted by Gasteiger charge is 2.42. The molecule has 1 aromatic carbocycles. The van der Waals surface area contributed by atoms with Crippen LogP contribution in [0.2, 0.25) is 0 Å². The fourth-order valence-electron chi connectivity index (χ4n) is 2.78. The lowest BCUT2D eigenvalue weighted by molar-refractivity contribution is -0.137. The summed E-state index contributed by atoms with van der Waals surface area (Å²) in [5.41, 5.74) is -2.33. The van der Waals surface area contributed by atoms with Gasteiger partial charge >= 0.3 is 11.4 Å². The lowest BCUT2D eigenvalue weighted by Gasteiger charge is -2.15. The van der Waals surface area contributed by atoms with Gasteiger partial charge in [0.05, 0.1) is 27.8 Å². The Morgan fingerprint density at radius 2 is 1.64 bits per heavy atom. The van der Waals surface area contributed by atoms with Gasteiger partial charge in [-0.2, -0.15) is 31.7 Å².